The zero-order chi connectivity index (χ0) is 14.9. The lowest BCUT2D eigenvalue weighted by atomic mass is 10.2. The number of rotatable bonds is 8. The molecule has 0 saturated heterocycles. The van der Waals surface area contributed by atoms with E-state index in [4.69, 9.17) is 11.1 Å². The van der Waals surface area contributed by atoms with E-state index in [2.05, 4.69) is 41.3 Å². The molecule has 0 aliphatic carbocycles. The van der Waals surface area contributed by atoms with Crippen molar-refractivity contribution in [1.82, 2.24) is 0 Å². The van der Waals surface area contributed by atoms with E-state index in [1.54, 1.807) is 0 Å². The van der Waals surface area contributed by atoms with Crippen LogP contribution in [0.15, 0.2) is 65.6 Å². The van der Waals surface area contributed by atoms with Crippen LogP contribution >= 0.6 is 11.8 Å². The van der Waals surface area contributed by atoms with Crippen LogP contribution in [0.2, 0.25) is 0 Å². The summed E-state index contributed by atoms with van der Waals surface area (Å²) in [6.45, 7) is 1.73. The Labute approximate surface area is 130 Å². The van der Waals surface area contributed by atoms with Crippen molar-refractivity contribution < 1.29 is 0 Å². The summed E-state index contributed by atoms with van der Waals surface area (Å²) in [6.07, 6.45) is 0.602. The number of benzene rings is 2. The van der Waals surface area contributed by atoms with E-state index in [0.29, 0.717) is 6.42 Å². The van der Waals surface area contributed by atoms with Gasteiger partial charge in [0.1, 0.15) is 0 Å². The molecule has 21 heavy (non-hydrogen) atoms. The van der Waals surface area contributed by atoms with Crippen molar-refractivity contribution in [3.05, 3.63) is 60.7 Å². The Hall–Kier alpha value is -1.94. The fourth-order valence-electron chi connectivity index (χ4n) is 2.05. The van der Waals surface area contributed by atoms with Crippen LogP contribution in [0.1, 0.15) is 6.42 Å². The molecule has 0 fully saturated rings. The van der Waals surface area contributed by atoms with Crippen molar-refractivity contribution in [2.45, 2.75) is 11.3 Å². The molecule has 0 aromatic heterocycles. The Morgan fingerprint density at radius 2 is 1.57 bits per heavy atom. The minimum Gasteiger partial charge on any atom is -0.388 e. The number of nitrogens with zero attached hydrogens (tertiary/aromatic N) is 1. The maximum absolute atomic E-state index is 7.41. The molecule has 2 aromatic rings. The predicted molar refractivity (Wildman–Crippen MR) is 92.4 cm³/mol. The van der Waals surface area contributed by atoms with Gasteiger partial charge in [-0.25, -0.2) is 0 Å². The highest BCUT2D eigenvalue weighted by atomic mass is 32.2. The molecule has 0 spiro atoms. The first kappa shape index (κ1) is 15.4. The van der Waals surface area contributed by atoms with E-state index >= 15 is 0 Å². The van der Waals surface area contributed by atoms with Crippen LogP contribution in [0.5, 0.6) is 0 Å². The van der Waals surface area contributed by atoms with Crippen molar-refractivity contribution in [3.63, 3.8) is 0 Å². The summed E-state index contributed by atoms with van der Waals surface area (Å²) >= 11 is 1.85. The molecule has 0 aliphatic heterocycles. The van der Waals surface area contributed by atoms with Crippen molar-refractivity contribution in [2.75, 3.05) is 23.7 Å². The summed E-state index contributed by atoms with van der Waals surface area (Å²) in [5.74, 6) is 1.25. The smallest absolute Gasteiger partial charge is 0.0923 e. The second kappa shape index (κ2) is 8.37. The van der Waals surface area contributed by atoms with E-state index in [9.17, 15) is 0 Å². The minimum atomic E-state index is 0.242. The topological polar surface area (TPSA) is 53.1 Å². The first-order chi connectivity index (χ1) is 10.3. The Balaban J connectivity index is 1.91. The van der Waals surface area contributed by atoms with Gasteiger partial charge in [-0.1, -0.05) is 36.4 Å². The van der Waals surface area contributed by atoms with Gasteiger partial charge in [0.05, 0.1) is 5.84 Å². The summed E-state index contributed by atoms with van der Waals surface area (Å²) in [5, 5.41) is 7.41. The van der Waals surface area contributed by atoms with Crippen molar-refractivity contribution in [1.29, 1.82) is 5.41 Å². The van der Waals surface area contributed by atoms with E-state index < -0.39 is 0 Å². The van der Waals surface area contributed by atoms with Gasteiger partial charge in [0.25, 0.3) is 0 Å². The molecule has 110 valence electrons. The van der Waals surface area contributed by atoms with Crippen LogP contribution in [0.3, 0.4) is 0 Å². The van der Waals surface area contributed by atoms with Crippen LogP contribution < -0.4 is 10.6 Å². The van der Waals surface area contributed by atoms with Gasteiger partial charge in [-0.2, -0.15) is 0 Å². The second-order valence-corrected chi connectivity index (χ2v) is 5.93. The minimum absolute atomic E-state index is 0.242. The lowest BCUT2D eigenvalue weighted by molar-refractivity contribution is 0.836. The number of thioether (sulfide) groups is 1. The quantitative estimate of drug-likeness (QED) is 0.445. The summed E-state index contributed by atoms with van der Waals surface area (Å²) in [6, 6.07) is 20.7. The molecule has 2 aromatic carbocycles. The number of nitrogens with two attached hydrogens (primary N) is 1. The highest BCUT2D eigenvalue weighted by Crippen LogP contribution is 2.19. The number of amidine groups is 1. The van der Waals surface area contributed by atoms with Gasteiger partial charge in [0.15, 0.2) is 0 Å². The molecule has 4 heteroatoms. The molecule has 0 radical (unpaired) electrons. The van der Waals surface area contributed by atoms with Crippen LogP contribution in [-0.2, 0) is 0 Å². The molecule has 3 nitrogen and oxygen atoms in total. The first-order valence-corrected chi connectivity index (χ1v) is 8.05. The van der Waals surface area contributed by atoms with E-state index in [-0.39, 0.29) is 5.84 Å². The largest absolute Gasteiger partial charge is 0.388 e. The molecule has 0 heterocycles. The SMILES string of the molecule is N=C(N)CCN(CCSc1ccccc1)c1ccccc1. The number of hydrogen-bond acceptors (Lipinski definition) is 3. The Kier molecular flexibility index (Phi) is 6.16. The standard InChI is InChI=1S/C17H21N3S/c18-17(19)11-12-20(15-7-3-1-4-8-15)13-14-21-16-9-5-2-6-10-16/h1-10H,11-14H2,(H3,18,19). The summed E-state index contributed by atoms with van der Waals surface area (Å²) in [7, 11) is 0. The Morgan fingerprint density at radius 3 is 2.19 bits per heavy atom. The summed E-state index contributed by atoms with van der Waals surface area (Å²) in [5.41, 5.74) is 6.68. The van der Waals surface area contributed by atoms with Gasteiger partial charge < -0.3 is 10.6 Å². The fraction of sp³-hybridized carbons (Fsp3) is 0.235. The number of para-hydroxylation sites is 1. The van der Waals surface area contributed by atoms with Crippen molar-refractivity contribution in [2.24, 2.45) is 5.73 Å². The van der Waals surface area contributed by atoms with E-state index in [0.717, 1.165) is 18.8 Å². The lowest BCUT2D eigenvalue weighted by Gasteiger charge is -2.24. The third-order valence-electron chi connectivity index (χ3n) is 3.15. The summed E-state index contributed by atoms with van der Waals surface area (Å²) in [4.78, 5) is 3.58. The average Bonchev–Trinajstić information content (AvgIpc) is 2.52. The van der Waals surface area contributed by atoms with E-state index in [1.165, 1.54) is 10.6 Å². The summed E-state index contributed by atoms with van der Waals surface area (Å²) < 4.78 is 0. The maximum atomic E-state index is 7.41. The first-order valence-electron chi connectivity index (χ1n) is 7.06. The van der Waals surface area contributed by atoms with Crippen molar-refractivity contribution >= 4 is 23.3 Å². The van der Waals surface area contributed by atoms with Gasteiger partial charge in [-0.05, 0) is 24.3 Å². The Morgan fingerprint density at radius 1 is 0.952 bits per heavy atom. The highest BCUT2D eigenvalue weighted by Gasteiger charge is 2.06. The molecular weight excluding hydrogens is 278 g/mol. The predicted octanol–water partition coefficient (Wildman–Crippen LogP) is 3.61. The molecule has 0 unspecified atom stereocenters. The van der Waals surface area contributed by atoms with Crippen LogP contribution in [0.25, 0.3) is 0 Å². The monoisotopic (exact) mass is 299 g/mol. The number of nitrogens with one attached hydrogen (secondary N) is 1. The molecule has 3 N–H and O–H groups in total. The maximum Gasteiger partial charge on any atom is 0.0923 e. The zero-order valence-electron chi connectivity index (χ0n) is 12.0. The fourth-order valence-corrected chi connectivity index (χ4v) is 2.95. The van der Waals surface area contributed by atoms with Crippen LogP contribution in [0, 0.1) is 5.41 Å². The second-order valence-electron chi connectivity index (χ2n) is 4.76. The molecule has 0 saturated carbocycles. The van der Waals surface area contributed by atoms with Gasteiger partial charge in [-0.3, -0.25) is 5.41 Å². The van der Waals surface area contributed by atoms with E-state index in [1.807, 2.05) is 36.0 Å². The van der Waals surface area contributed by atoms with Crippen LogP contribution in [0.4, 0.5) is 5.69 Å². The van der Waals surface area contributed by atoms with Crippen molar-refractivity contribution in [3.8, 4) is 0 Å². The van der Waals surface area contributed by atoms with Gasteiger partial charge in [0, 0.05) is 35.8 Å². The zero-order valence-corrected chi connectivity index (χ0v) is 12.9. The van der Waals surface area contributed by atoms with Gasteiger partial charge in [-0.15, -0.1) is 11.8 Å². The molecule has 0 amide bonds. The lowest BCUT2D eigenvalue weighted by Crippen LogP contribution is -2.29. The normalized spacial score (nSPS) is 10.3. The molecule has 0 atom stereocenters. The molecular formula is C17H21N3S. The third-order valence-corrected chi connectivity index (χ3v) is 4.14. The molecule has 0 bridgehead atoms. The average molecular weight is 299 g/mol. The highest BCUT2D eigenvalue weighted by molar-refractivity contribution is 7.99. The Bertz CT molecular complexity index is 542. The number of anilines is 1. The van der Waals surface area contributed by atoms with Crippen LogP contribution in [-0.4, -0.2) is 24.7 Å². The molecule has 0 aliphatic rings. The van der Waals surface area contributed by atoms with Gasteiger partial charge >= 0.3 is 0 Å². The number of hydrogen-bond donors (Lipinski definition) is 2. The third kappa shape index (κ3) is 5.52. The molecule has 2 rings (SSSR count). The van der Waals surface area contributed by atoms with Gasteiger partial charge in [0.2, 0.25) is 0 Å².